The molecule has 0 radical (unpaired) electrons. The Morgan fingerprint density at radius 1 is 1.12 bits per heavy atom. The Labute approximate surface area is 194 Å². The Morgan fingerprint density at radius 2 is 1.84 bits per heavy atom. The van der Waals surface area contributed by atoms with Crippen LogP contribution in [-0.4, -0.2) is 49.4 Å². The molecule has 1 aliphatic heterocycles. The van der Waals surface area contributed by atoms with Crippen molar-refractivity contribution >= 4 is 52.2 Å². The monoisotopic (exact) mass is 471 g/mol. The van der Waals surface area contributed by atoms with Crippen molar-refractivity contribution in [2.45, 2.75) is 31.9 Å². The molecule has 3 rings (SSSR count). The van der Waals surface area contributed by atoms with Crippen molar-refractivity contribution in [3.05, 3.63) is 70.6 Å². The summed E-state index contributed by atoms with van der Waals surface area (Å²) in [6.07, 6.45) is 1.05. The maximum absolute atomic E-state index is 13.0. The SMILES string of the molecule is CCC(Oc1cccc(/C=C2\SC(=S)N(C(Cc3ccccc3)C(=O)O)C2=O)c1)C(=O)O. The van der Waals surface area contributed by atoms with E-state index in [2.05, 4.69) is 0 Å². The molecule has 0 aromatic heterocycles. The number of amides is 1. The summed E-state index contributed by atoms with van der Waals surface area (Å²) in [6, 6.07) is 14.6. The number of carboxylic acids is 2. The van der Waals surface area contributed by atoms with Gasteiger partial charge >= 0.3 is 11.9 Å². The van der Waals surface area contributed by atoms with Crippen LogP contribution >= 0.6 is 24.0 Å². The van der Waals surface area contributed by atoms with Crippen LogP contribution in [0.1, 0.15) is 24.5 Å². The summed E-state index contributed by atoms with van der Waals surface area (Å²) in [5.41, 5.74) is 1.39. The highest BCUT2D eigenvalue weighted by Gasteiger charge is 2.40. The number of nitrogens with zero attached hydrogens (tertiary/aromatic N) is 1. The highest BCUT2D eigenvalue weighted by molar-refractivity contribution is 8.26. The Bertz CT molecular complexity index is 1070. The van der Waals surface area contributed by atoms with Crippen LogP contribution in [0.25, 0.3) is 6.08 Å². The van der Waals surface area contributed by atoms with Gasteiger partial charge in [-0.15, -0.1) is 0 Å². The van der Waals surface area contributed by atoms with Gasteiger partial charge in [0.15, 0.2) is 6.10 Å². The summed E-state index contributed by atoms with van der Waals surface area (Å²) in [5.74, 6) is -2.32. The Kier molecular flexibility index (Phi) is 7.66. The number of hydrogen-bond acceptors (Lipinski definition) is 6. The number of benzene rings is 2. The molecule has 0 saturated carbocycles. The van der Waals surface area contributed by atoms with Crippen molar-refractivity contribution in [3.8, 4) is 5.75 Å². The van der Waals surface area contributed by atoms with Crippen molar-refractivity contribution in [1.82, 2.24) is 4.90 Å². The summed E-state index contributed by atoms with van der Waals surface area (Å²) in [5, 5.41) is 18.9. The largest absolute Gasteiger partial charge is 0.480 e. The van der Waals surface area contributed by atoms with E-state index in [0.29, 0.717) is 17.7 Å². The van der Waals surface area contributed by atoms with Crippen LogP contribution in [0.4, 0.5) is 0 Å². The topological polar surface area (TPSA) is 104 Å². The quantitative estimate of drug-likeness (QED) is 0.420. The molecule has 1 saturated heterocycles. The number of carbonyl (C=O) groups is 3. The first-order chi connectivity index (χ1) is 15.3. The van der Waals surface area contributed by atoms with Gasteiger partial charge in [0, 0.05) is 6.42 Å². The minimum atomic E-state index is -1.14. The minimum Gasteiger partial charge on any atom is -0.480 e. The summed E-state index contributed by atoms with van der Waals surface area (Å²) < 4.78 is 5.68. The van der Waals surface area contributed by atoms with Crippen LogP contribution < -0.4 is 4.74 Å². The fourth-order valence-electron chi connectivity index (χ4n) is 3.18. The lowest BCUT2D eigenvalue weighted by Crippen LogP contribution is -2.45. The van der Waals surface area contributed by atoms with Gasteiger partial charge in [0.1, 0.15) is 16.1 Å². The maximum atomic E-state index is 13.0. The molecule has 2 aromatic rings. The Balaban J connectivity index is 1.82. The van der Waals surface area contributed by atoms with E-state index in [-0.39, 0.29) is 15.6 Å². The summed E-state index contributed by atoms with van der Waals surface area (Å²) in [6.45, 7) is 1.71. The first kappa shape index (κ1) is 23.5. The third kappa shape index (κ3) is 5.54. The molecule has 166 valence electrons. The van der Waals surface area contributed by atoms with E-state index >= 15 is 0 Å². The Morgan fingerprint density at radius 3 is 2.47 bits per heavy atom. The van der Waals surface area contributed by atoms with Gasteiger partial charge in [0.2, 0.25) is 0 Å². The lowest BCUT2D eigenvalue weighted by molar-refractivity contribution is -0.145. The zero-order valence-electron chi connectivity index (χ0n) is 17.1. The molecule has 9 heteroatoms. The molecule has 0 bridgehead atoms. The van der Waals surface area contributed by atoms with Crippen molar-refractivity contribution in [3.63, 3.8) is 0 Å². The van der Waals surface area contributed by atoms with Crippen molar-refractivity contribution < 1.29 is 29.3 Å². The summed E-state index contributed by atoms with van der Waals surface area (Å²) in [4.78, 5) is 37.6. The number of thiocarbonyl (C=S) groups is 1. The van der Waals surface area contributed by atoms with E-state index in [9.17, 15) is 24.6 Å². The molecule has 1 aliphatic rings. The molecule has 2 aromatic carbocycles. The molecule has 1 heterocycles. The molecular formula is C23H21NO6S2. The third-order valence-electron chi connectivity index (χ3n) is 4.77. The van der Waals surface area contributed by atoms with Gasteiger partial charge in [-0.25, -0.2) is 9.59 Å². The van der Waals surface area contributed by atoms with Crippen LogP contribution in [0.15, 0.2) is 59.5 Å². The Hall–Kier alpha value is -3.17. The number of hydrogen-bond donors (Lipinski definition) is 2. The maximum Gasteiger partial charge on any atom is 0.344 e. The number of carboxylic acid groups (broad SMARTS) is 2. The number of carbonyl (C=O) groups excluding carboxylic acids is 1. The normalized spacial score (nSPS) is 16.8. The van der Waals surface area contributed by atoms with Gasteiger partial charge in [-0.1, -0.05) is 73.4 Å². The van der Waals surface area contributed by atoms with E-state index in [4.69, 9.17) is 17.0 Å². The van der Waals surface area contributed by atoms with E-state index in [1.54, 1.807) is 61.5 Å². The highest BCUT2D eigenvalue weighted by atomic mass is 32.2. The van der Waals surface area contributed by atoms with Crippen molar-refractivity contribution in [2.24, 2.45) is 0 Å². The smallest absolute Gasteiger partial charge is 0.344 e. The molecule has 1 fully saturated rings. The molecule has 32 heavy (non-hydrogen) atoms. The van der Waals surface area contributed by atoms with Gasteiger partial charge < -0.3 is 14.9 Å². The second-order valence-electron chi connectivity index (χ2n) is 7.02. The minimum absolute atomic E-state index is 0.132. The molecule has 2 N–H and O–H groups in total. The van der Waals surface area contributed by atoms with Crippen molar-refractivity contribution in [2.75, 3.05) is 0 Å². The van der Waals surface area contributed by atoms with Gasteiger partial charge in [-0.3, -0.25) is 9.69 Å². The zero-order valence-corrected chi connectivity index (χ0v) is 18.8. The van der Waals surface area contributed by atoms with E-state index in [1.165, 1.54) is 0 Å². The standard InChI is InChI=1S/C23H21NO6S2/c1-2-18(22(28)29)30-16-10-6-9-15(11-16)13-19-20(25)24(23(31)32-19)17(21(26)27)12-14-7-4-3-5-8-14/h3-11,13,17-18H,2,12H2,1H3,(H,26,27)(H,28,29)/b19-13-. The molecule has 2 unspecified atom stereocenters. The van der Waals surface area contributed by atoms with Gasteiger partial charge in [-0.2, -0.15) is 0 Å². The molecule has 0 spiro atoms. The lowest BCUT2D eigenvalue weighted by Gasteiger charge is -2.23. The van der Waals surface area contributed by atoms with Crippen LogP contribution in [-0.2, 0) is 20.8 Å². The average molecular weight is 472 g/mol. The molecule has 7 nitrogen and oxygen atoms in total. The first-order valence-electron chi connectivity index (χ1n) is 9.83. The lowest BCUT2D eigenvalue weighted by atomic mass is 10.0. The molecule has 0 aliphatic carbocycles. The van der Waals surface area contributed by atoms with Gasteiger partial charge in [-0.05, 0) is 35.8 Å². The number of aliphatic carboxylic acids is 2. The number of thioether (sulfide) groups is 1. The van der Waals surface area contributed by atoms with Gasteiger partial charge in [0.25, 0.3) is 5.91 Å². The van der Waals surface area contributed by atoms with Crippen LogP contribution in [0.3, 0.4) is 0 Å². The summed E-state index contributed by atoms with van der Waals surface area (Å²) in [7, 11) is 0. The highest BCUT2D eigenvalue weighted by Crippen LogP contribution is 2.35. The fourth-order valence-corrected chi connectivity index (χ4v) is 4.53. The van der Waals surface area contributed by atoms with Crippen LogP contribution in [0.5, 0.6) is 5.75 Å². The van der Waals surface area contributed by atoms with Crippen molar-refractivity contribution in [1.29, 1.82) is 0 Å². The van der Waals surface area contributed by atoms with Crippen LogP contribution in [0, 0.1) is 0 Å². The number of ether oxygens (including phenoxy) is 1. The second-order valence-corrected chi connectivity index (χ2v) is 8.70. The molecule has 2 atom stereocenters. The zero-order chi connectivity index (χ0) is 23.3. The predicted octanol–water partition coefficient (Wildman–Crippen LogP) is 3.83. The average Bonchev–Trinajstić information content (AvgIpc) is 3.03. The fraction of sp³-hybridized carbons (Fsp3) is 0.217. The predicted molar refractivity (Wildman–Crippen MR) is 125 cm³/mol. The first-order valence-corrected chi connectivity index (χ1v) is 11.1. The van der Waals surface area contributed by atoms with E-state index in [0.717, 1.165) is 22.2 Å². The third-order valence-corrected chi connectivity index (χ3v) is 6.10. The van der Waals surface area contributed by atoms with E-state index in [1.807, 2.05) is 6.07 Å². The summed E-state index contributed by atoms with van der Waals surface area (Å²) >= 11 is 6.36. The second kappa shape index (κ2) is 10.4. The van der Waals surface area contributed by atoms with E-state index < -0.39 is 30.0 Å². The van der Waals surface area contributed by atoms with Crippen LogP contribution in [0.2, 0.25) is 0 Å². The number of rotatable bonds is 9. The van der Waals surface area contributed by atoms with Gasteiger partial charge in [0.05, 0.1) is 4.91 Å². The molecular weight excluding hydrogens is 450 g/mol. The molecule has 1 amide bonds.